The minimum absolute atomic E-state index is 0.0612. The first-order valence-electron chi connectivity index (χ1n) is 8.80. The third kappa shape index (κ3) is 4.68. The largest absolute Gasteiger partial charge is 0.373 e. The Morgan fingerprint density at radius 1 is 1.08 bits per heavy atom. The Morgan fingerprint density at radius 2 is 1.79 bits per heavy atom. The van der Waals surface area contributed by atoms with Gasteiger partial charge in [-0.1, -0.05) is 12.1 Å². The summed E-state index contributed by atoms with van der Waals surface area (Å²) in [6.45, 7) is 0.585. The lowest BCUT2D eigenvalue weighted by Crippen LogP contribution is -2.50. The van der Waals surface area contributed by atoms with E-state index in [1.807, 2.05) is 0 Å². The molecule has 2 amide bonds. The van der Waals surface area contributed by atoms with Crippen LogP contribution in [0.4, 0.5) is 9.18 Å². The van der Waals surface area contributed by atoms with E-state index < -0.39 is 0 Å². The first-order chi connectivity index (χ1) is 11.6. The van der Waals surface area contributed by atoms with E-state index in [1.165, 1.54) is 12.1 Å². The topological polar surface area (TPSA) is 76.4 Å². The van der Waals surface area contributed by atoms with Crippen molar-refractivity contribution in [3.63, 3.8) is 0 Å². The van der Waals surface area contributed by atoms with Crippen molar-refractivity contribution >= 4 is 6.03 Å². The van der Waals surface area contributed by atoms with E-state index in [9.17, 15) is 9.18 Å². The number of ether oxygens (including phenoxy) is 1. The van der Waals surface area contributed by atoms with Gasteiger partial charge in [0.05, 0.1) is 6.10 Å². The molecule has 1 aliphatic heterocycles. The molecule has 1 saturated heterocycles. The third-order valence-electron chi connectivity index (χ3n) is 4.91. The molecule has 4 unspecified atom stereocenters. The Labute approximate surface area is 142 Å². The fourth-order valence-electron chi connectivity index (χ4n) is 3.61. The molecule has 0 spiro atoms. The minimum atomic E-state index is -0.255. The number of rotatable bonds is 3. The highest BCUT2D eigenvalue weighted by atomic mass is 19.1. The lowest BCUT2D eigenvalue weighted by molar-refractivity contribution is 0.00216. The van der Waals surface area contributed by atoms with Crippen LogP contribution in [0.5, 0.6) is 0 Å². The number of carbonyl (C=O) groups excluding carboxylic acids is 1. The number of urea groups is 1. The SMILES string of the molecule is NC1CCCC(NC(=O)NC2CCOC(c3ccc(F)cc3)C2)C1. The van der Waals surface area contributed by atoms with Crippen LogP contribution in [0.15, 0.2) is 24.3 Å². The molecule has 3 rings (SSSR count). The lowest BCUT2D eigenvalue weighted by atomic mass is 9.92. The number of carbonyl (C=O) groups is 1. The summed E-state index contributed by atoms with van der Waals surface area (Å²) in [7, 11) is 0. The fourth-order valence-corrected chi connectivity index (χ4v) is 3.61. The molecule has 132 valence electrons. The van der Waals surface area contributed by atoms with Crippen molar-refractivity contribution in [1.29, 1.82) is 0 Å². The summed E-state index contributed by atoms with van der Waals surface area (Å²) in [6.07, 6.45) is 5.33. The van der Waals surface area contributed by atoms with Gasteiger partial charge in [-0.2, -0.15) is 0 Å². The van der Waals surface area contributed by atoms with Crippen molar-refractivity contribution in [1.82, 2.24) is 10.6 Å². The number of nitrogens with one attached hydrogen (secondary N) is 2. The first-order valence-corrected chi connectivity index (χ1v) is 8.80. The van der Waals surface area contributed by atoms with Crippen molar-refractivity contribution in [2.24, 2.45) is 5.73 Å². The number of hydrogen-bond acceptors (Lipinski definition) is 3. The molecule has 5 nitrogen and oxygen atoms in total. The van der Waals surface area contributed by atoms with Crippen molar-refractivity contribution in [3.8, 4) is 0 Å². The van der Waals surface area contributed by atoms with Gasteiger partial charge in [-0.3, -0.25) is 0 Å². The smallest absolute Gasteiger partial charge is 0.315 e. The monoisotopic (exact) mass is 335 g/mol. The number of halogens is 1. The Morgan fingerprint density at radius 3 is 2.50 bits per heavy atom. The van der Waals surface area contributed by atoms with Gasteiger partial charge in [-0.25, -0.2) is 9.18 Å². The second kappa shape index (κ2) is 7.94. The molecule has 4 atom stereocenters. The Kier molecular flexibility index (Phi) is 5.68. The van der Waals surface area contributed by atoms with Crippen LogP contribution in [0, 0.1) is 5.82 Å². The second-order valence-electron chi connectivity index (χ2n) is 6.87. The normalized spacial score (nSPS) is 30.6. The van der Waals surface area contributed by atoms with Crippen LogP contribution >= 0.6 is 0 Å². The molecule has 24 heavy (non-hydrogen) atoms. The molecule has 1 aromatic rings. The summed E-state index contributed by atoms with van der Waals surface area (Å²) in [5.74, 6) is -0.255. The van der Waals surface area contributed by atoms with Crippen LogP contribution in [0.25, 0.3) is 0 Å². The van der Waals surface area contributed by atoms with E-state index in [1.54, 1.807) is 12.1 Å². The van der Waals surface area contributed by atoms with Gasteiger partial charge in [0.2, 0.25) is 0 Å². The molecule has 2 fully saturated rings. The molecule has 1 aromatic carbocycles. The van der Waals surface area contributed by atoms with E-state index in [0.29, 0.717) is 13.0 Å². The zero-order valence-corrected chi connectivity index (χ0v) is 13.8. The lowest BCUT2D eigenvalue weighted by Gasteiger charge is -2.32. The first kappa shape index (κ1) is 17.2. The number of benzene rings is 1. The molecule has 1 heterocycles. The quantitative estimate of drug-likeness (QED) is 0.795. The van der Waals surface area contributed by atoms with E-state index in [4.69, 9.17) is 10.5 Å². The van der Waals surface area contributed by atoms with Crippen LogP contribution in [0.1, 0.15) is 50.2 Å². The summed E-state index contributed by atoms with van der Waals surface area (Å²) in [4.78, 5) is 12.2. The predicted octanol–water partition coefficient (Wildman–Crippen LogP) is 2.61. The predicted molar refractivity (Wildman–Crippen MR) is 90.0 cm³/mol. The van der Waals surface area contributed by atoms with Crippen molar-refractivity contribution in [2.45, 2.75) is 62.8 Å². The summed E-state index contributed by atoms with van der Waals surface area (Å²) < 4.78 is 18.8. The zero-order chi connectivity index (χ0) is 16.9. The molecule has 1 saturated carbocycles. The highest BCUT2D eigenvalue weighted by Crippen LogP contribution is 2.28. The van der Waals surface area contributed by atoms with E-state index in [0.717, 1.165) is 37.7 Å². The van der Waals surface area contributed by atoms with Crippen molar-refractivity contribution in [2.75, 3.05) is 6.61 Å². The highest BCUT2D eigenvalue weighted by molar-refractivity contribution is 5.74. The van der Waals surface area contributed by atoms with E-state index >= 15 is 0 Å². The van der Waals surface area contributed by atoms with Gasteiger partial charge in [0.25, 0.3) is 0 Å². The van der Waals surface area contributed by atoms with Gasteiger partial charge in [0.1, 0.15) is 5.82 Å². The Bertz CT molecular complexity index is 552. The van der Waals surface area contributed by atoms with E-state index in [-0.39, 0.29) is 36.1 Å². The number of amides is 2. The van der Waals surface area contributed by atoms with Crippen molar-refractivity contribution < 1.29 is 13.9 Å². The molecule has 0 bridgehead atoms. The number of nitrogens with two attached hydrogens (primary N) is 1. The van der Waals surface area contributed by atoms with Crippen LogP contribution in [0.2, 0.25) is 0 Å². The summed E-state index contributed by atoms with van der Waals surface area (Å²) in [5.41, 5.74) is 6.91. The van der Waals surface area contributed by atoms with E-state index in [2.05, 4.69) is 10.6 Å². The molecule has 2 aliphatic rings. The average Bonchev–Trinajstić information content (AvgIpc) is 2.55. The highest BCUT2D eigenvalue weighted by Gasteiger charge is 2.26. The van der Waals surface area contributed by atoms with Crippen molar-refractivity contribution in [3.05, 3.63) is 35.6 Å². The van der Waals surface area contributed by atoms with Crippen LogP contribution < -0.4 is 16.4 Å². The molecule has 0 radical (unpaired) electrons. The van der Waals surface area contributed by atoms with Crippen LogP contribution in [-0.2, 0) is 4.74 Å². The van der Waals surface area contributed by atoms with Crippen LogP contribution in [-0.4, -0.2) is 30.8 Å². The molecular formula is C18H26FN3O2. The van der Waals surface area contributed by atoms with Gasteiger partial charge in [0.15, 0.2) is 0 Å². The van der Waals surface area contributed by atoms with Crippen LogP contribution in [0.3, 0.4) is 0 Å². The summed E-state index contributed by atoms with van der Waals surface area (Å²) in [6, 6.07) is 6.66. The fraction of sp³-hybridized carbons (Fsp3) is 0.611. The maximum atomic E-state index is 13.0. The summed E-state index contributed by atoms with van der Waals surface area (Å²) in [5, 5.41) is 6.09. The van der Waals surface area contributed by atoms with Gasteiger partial charge in [-0.15, -0.1) is 0 Å². The number of hydrogen-bond donors (Lipinski definition) is 3. The standard InChI is InChI=1S/C18H26FN3O2/c19-13-6-4-12(5-7-13)17-11-16(8-9-24-17)22-18(23)21-15-3-1-2-14(20)10-15/h4-7,14-17H,1-3,8-11,20H2,(H2,21,22,23). The van der Waals surface area contributed by atoms with Gasteiger partial charge in [0, 0.05) is 24.7 Å². The molecule has 1 aliphatic carbocycles. The zero-order valence-electron chi connectivity index (χ0n) is 13.8. The minimum Gasteiger partial charge on any atom is -0.373 e. The maximum absolute atomic E-state index is 13.0. The average molecular weight is 335 g/mol. The molecular weight excluding hydrogens is 309 g/mol. The molecule has 0 aromatic heterocycles. The Hall–Kier alpha value is -1.66. The van der Waals surface area contributed by atoms with Gasteiger partial charge >= 0.3 is 6.03 Å². The second-order valence-corrected chi connectivity index (χ2v) is 6.87. The Balaban J connectivity index is 1.49. The summed E-state index contributed by atoms with van der Waals surface area (Å²) >= 11 is 0. The molecule has 4 N–H and O–H groups in total. The van der Waals surface area contributed by atoms with Gasteiger partial charge in [-0.05, 0) is 56.2 Å². The maximum Gasteiger partial charge on any atom is 0.315 e. The molecule has 6 heteroatoms. The van der Waals surface area contributed by atoms with Gasteiger partial charge < -0.3 is 21.1 Å². The third-order valence-corrected chi connectivity index (χ3v) is 4.91.